The number of aromatic nitrogens is 1. The highest BCUT2D eigenvalue weighted by atomic mass is 32.2. The molecule has 0 radical (unpaired) electrons. The Balaban J connectivity index is 2.20. The molecule has 0 saturated carbocycles. The van der Waals surface area contributed by atoms with Crippen LogP contribution in [-0.2, 0) is 0 Å². The molecule has 2 unspecified atom stereocenters. The third kappa shape index (κ3) is 2.48. The van der Waals surface area contributed by atoms with E-state index in [1.165, 1.54) is 0 Å². The van der Waals surface area contributed by atoms with Gasteiger partial charge in [0, 0.05) is 23.6 Å². The summed E-state index contributed by atoms with van der Waals surface area (Å²) in [5, 5.41) is 10.1. The van der Waals surface area contributed by atoms with Gasteiger partial charge in [0.25, 0.3) is 0 Å². The van der Waals surface area contributed by atoms with Crippen molar-refractivity contribution < 1.29 is 0 Å². The molecule has 1 aromatic rings. The first-order chi connectivity index (χ1) is 7.69. The Morgan fingerprint density at radius 1 is 1.38 bits per heavy atom. The van der Waals surface area contributed by atoms with Gasteiger partial charge in [-0.2, -0.15) is 17.0 Å². The zero-order valence-corrected chi connectivity index (χ0v) is 10.4. The molecular weight excluding hydrogens is 218 g/mol. The van der Waals surface area contributed by atoms with Crippen LogP contribution in [0.4, 0.5) is 5.82 Å². The van der Waals surface area contributed by atoms with Gasteiger partial charge in [0.1, 0.15) is 17.6 Å². The van der Waals surface area contributed by atoms with Gasteiger partial charge < -0.3 is 4.90 Å². The van der Waals surface area contributed by atoms with Crippen molar-refractivity contribution in [2.24, 2.45) is 0 Å². The minimum absolute atomic E-state index is 0.496. The molecule has 4 heteroatoms. The maximum Gasteiger partial charge on any atom is 0.142 e. The van der Waals surface area contributed by atoms with Crippen LogP contribution in [0.1, 0.15) is 19.5 Å². The van der Waals surface area contributed by atoms with Crippen molar-refractivity contribution in [1.29, 1.82) is 5.26 Å². The SMILES string of the molecule is CC1CN(c2cccc(C#N)n2)CC(C)S1. The molecule has 3 nitrogen and oxygen atoms in total. The number of hydrogen-bond acceptors (Lipinski definition) is 4. The molecule has 16 heavy (non-hydrogen) atoms. The van der Waals surface area contributed by atoms with Crippen LogP contribution in [0.15, 0.2) is 18.2 Å². The van der Waals surface area contributed by atoms with Gasteiger partial charge >= 0.3 is 0 Å². The summed E-state index contributed by atoms with van der Waals surface area (Å²) in [6.45, 7) is 6.50. The molecule has 0 amide bonds. The van der Waals surface area contributed by atoms with Crippen molar-refractivity contribution in [1.82, 2.24) is 4.98 Å². The number of hydrogen-bond donors (Lipinski definition) is 0. The molecule has 1 aliphatic heterocycles. The maximum atomic E-state index is 8.83. The average Bonchev–Trinajstić information content (AvgIpc) is 2.28. The first-order valence-corrected chi connectivity index (χ1v) is 6.41. The highest BCUT2D eigenvalue weighted by molar-refractivity contribution is 8.00. The molecule has 1 saturated heterocycles. The Hall–Kier alpha value is -1.21. The molecule has 84 valence electrons. The molecule has 1 aliphatic rings. The smallest absolute Gasteiger partial charge is 0.142 e. The van der Waals surface area contributed by atoms with Crippen LogP contribution in [0.3, 0.4) is 0 Å². The predicted octanol–water partition coefficient (Wildman–Crippen LogP) is 2.28. The van der Waals surface area contributed by atoms with E-state index in [2.05, 4.69) is 29.8 Å². The standard InChI is InChI=1S/C12H15N3S/c1-9-7-15(8-10(2)16-9)12-5-3-4-11(6-13)14-12/h3-5,9-10H,7-8H2,1-2H3. The number of anilines is 1. The van der Waals surface area contributed by atoms with E-state index in [0.29, 0.717) is 16.2 Å². The fourth-order valence-electron chi connectivity index (χ4n) is 2.03. The fourth-order valence-corrected chi connectivity index (χ4v) is 3.35. The van der Waals surface area contributed by atoms with E-state index in [1.807, 2.05) is 23.9 Å². The second-order valence-electron chi connectivity index (χ2n) is 4.16. The molecule has 1 fully saturated rings. The summed E-state index contributed by atoms with van der Waals surface area (Å²) in [7, 11) is 0. The van der Waals surface area contributed by atoms with E-state index in [0.717, 1.165) is 18.9 Å². The number of thioether (sulfide) groups is 1. The summed E-state index contributed by atoms with van der Waals surface area (Å²) in [6, 6.07) is 7.71. The molecule has 1 aromatic heterocycles. The minimum atomic E-state index is 0.496. The maximum absolute atomic E-state index is 8.83. The molecule has 0 N–H and O–H groups in total. The molecule has 0 spiro atoms. The number of rotatable bonds is 1. The lowest BCUT2D eigenvalue weighted by Crippen LogP contribution is -2.40. The highest BCUT2D eigenvalue weighted by Crippen LogP contribution is 2.27. The van der Waals surface area contributed by atoms with E-state index >= 15 is 0 Å². The van der Waals surface area contributed by atoms with Gasteiger partial charge in [-0.15, -0.1) is 0 Å². The number of nitrogens with zero attached hydrogens (tertiary/aromatic N) is 3. The third-order valence-corrected chi connectivity index (χ3v) is 3.82. The molecule has 0 aromatic carbocycles. The summed E-state index contributed by atoms with van der Waals surface area (Å²) in [4.78, 5) is 6.61. The third-order valence-electron chi connectivity index (χ3n) is 2.59. The molecule has 2 rings (SSSR count). The largest absolute Gasteiger partial charge is 0.354 e. The highest BCUT2D eigenvalue weighted by Gasteiger charge is 2.23. The van der Waals surface area contributed by atoms with E-state index < -0.39 is 0 Å². The first-order valence-electron chi connectivity index (χ1n) is 5.46. The number of pyridine rings is 1. The fraction of sp³-hybridized carbons (Fsp3) is 0.500. The zero-order valence-electron chi connectivity index (χ0n) is 9.55. The Morgan fingerprint density at radius 2 is 2.06 bits per heavy atom. The quantitative estimate of drug-likeness (QED) is 0.746. The summed E-state index contributed by atoms with van der Waals surface area (Å²) in [6.07, 6.45) is 0. The van der Waals surface area contributed by atoms with Crippen LogP contribution in [0, 0.1) is 11.3 Å². The lowest BCUT2D eigenvalue weighted by atomic mass is 10.3. The zero-order chi connectivity index (χ0) is 11.5. The first kappa shape index (κ1) is 11.3. The van der Waals surface area contributed by atoms with Crippen LogP contribution >= 0.6 is 11.8 Å². The summed E-state index contributed by atoms with van der Waals surface area (Å²) < 4.78 is 0. The molecule has 0 bridgehead atoms. The second kappa shape index (κ2) is 4.75. The lowest BCUT2D eigenvalue weighted by Gasteiger charge is -2.35. The Kier molecular flexibility index (Phi) is 3.35. The van der Waals surface area contributed by atoms with Crippen LogP contribution in [0.2, 0.25) is 0 Å². The van der Waals surface area contributed by atoms with Crippen molar-refractivity contribution in [2.75, 3.05) is 18.0 Å². The van der Waals surface area contributed by atoms with Gasteiger partial charge in [0.15, 0.2) is 0 Å². The molecule has 2 atom stereocenters. The molecule has 2 heterocycles. The van der Waals surface area contributed by atoms with E-state index in [-0.39, 0.29) is 0 Å². The van der Waals surface area contributed by atoms with Crippen LogP contribution in [-0.4, -0.2) is 28.6 Å². The normalized spacial score (nSPS) is 25.2. The van der Waals surface area contributed by atoms with Gasteiger partial charge in [-0.25, -0.2) is 4.98 Å². The summed E-state index contributed by atoms with van der Waals surface area (Å²) >= 11 is 2.02. The Bertz CT molecular complexity index is 403. The van der Waals surface area contributed by atoms with Crippen molar-refractivity contribution in [3.05, 3.63) is 23.9 Å². The van der Waals surface area contributed by atoms with Crippen molar-refractivity contribution >= 4 is 17.6 Å². The van der Waals surface area contributed by atoms with E-state index in [1.54, 1.807) is 6.07 Å². The lowest BCUT2D eigenvalue weighted by molar-refractivity contribution is 0.718. The Morgan fingerprint density at radius 3 is 2.69 bits per heavy atom. The van der Waals surface area contributed by atoms with Gasteiger partial charge in [0.2, 0.25) is 0 Å². The topological polar surface area (TPSA) is 39.9 Å². The van der Waals surface area contributed by atoms with Gasteiger partial charge in [0.05, 0.1) is 0 Å². The van der Waals surface area contributed by atoms with Crippen LogP contribution in [0.25, 0.3) is 0 Å². The molecule has 0 aliphatic carbocycles. The Labute approximate surface area is 100 Å². The van der Waals surface area contributed by atoms with E-state index in [4.69, 9.17) is 5.26 Å². The summed E-state index contributed by atoms with van der Waals surface area (Å²) in [5.41, 5.74) is 0.496. The molecular formula is C12H15N3S. The average molecular weight is 233 g/mol. The van der Waals surface area contributed by atoms with Gasteiger partial charge in [-0.1, -0.05) is 19.9 Å². The summed E-state index contributed by atoms with van der Waals surface area (Å²) in [5.74, 6) is 0.929. The van der Waals surface area contributed by atoms with Crippen molar-refractivity contribution in [2.45, 2.75) is 24.3 Å². The van der Waals surface area contributed by atoms with Crippen molar-refractivity contribution in [3.63, 3.8) is 0 Å². The number of nitriles is 1. The van der Waals surface area contributed by atoms with Crippen molar-refractivity contribution in [3.8, 4) is 6.07 Å². The van der Waals surface area contributed by atoms with E-state index in [9.17, 15) is 0 Å². The minimum Gasteiger partial charge on any atom is -0.354 e. The van der Waals surface area contributed by atoms with Crippen LogP contribution < -0.4 is 4.90 Å². The monoisotopic (exact) mass is 233 g/mol. The van der Waals surface area contributed by atoms with Gasteiger partial charge in [-0.3, -0.25) is 0 Å². The van der Waals surface area contributed by atoms with Crippen LogP contribution in [0.5, 0.6) is 0 Å². The second-order valence-corrected chi connectivity index (χ2v) is 6.04. The predicted molar refractivity (Wildman–Crippen MR) is 67.7 cm³/mol. The van der Waals surface area contributed by atoms with Gasteiger partial charge in [-0.05, 0) is 12.1 Å².